The Hall–Kier alpha value is -2.99. The van der Waals surface area contributed by atoms with Gasteiger partial charge in [-0.1, -0.05) is 13.8 Å². The Balaban J connectivity index is 2.03. The van der Waals surface area contributed by atoms with Gasteiger partial charge in [0.05, 0.1) is 25.3 Å². The summed E-state index contributed by atoms with van der Waals surface area (Å²) in [5.74, 6) is 1.87. The molecular weight excluding hydrogens is 394 g/mol. The van der Waals surface area contributed by atoms with Crippen LogP contribution in [0.4, 0.5) is 0 Å². The van der Waals surface area contributed by atoms with Gasteiger partial charge in [0.2, 0.25) is 5.78 Å². The van der Waals surface area contributed by atoms with Crippen LogP contribution in [0.15, 0.2) is 30.0 Å². The fourth-order valence-electron chi connectivity index (χ4n) is 3.95. The first-order valence-electron chi connectivity index (χ1n) is 10.7. The van der Waals surface area contributed by atoms with E-state index in [0.717, 1.165) is 25.9 Å². The van der Waals surface area contributed by atoms with Crippen molar-refractivity contribution in [3.05, 3.63) is 52.3 Å². The highest BCUT2D eigenvalue weighted by atomic mass is 16.5. The van der Waals surface area contributed by atoms with Crippen molar-refractivity contribution in [2.45, 2.75) is 40.2 Å². The van der Waals surface area contributed by atoms with Gasteiger partial charge in [-0.3, -0.25) is 9.69 Å². The summed E-state index contributed by atoms with van der Waals surface area (Å²) in [7, 11) is 3.16. The van der Waals surface area contributed by atoms with E-state index < -0.39 is 0 Å². The lowest BCUT2D eigenvalue weighted by Crippen LogP contribution is -2.25. The zero-order chi connectivity index (χ0) is 22.5. The van der Waals surface area contributed by atoms with Crippen molar-refractivity contribution in [3.8, 4) is 23.0 Å². The summed E-state index contributed by atoms with van der Waals surface area (Å²) in [6.07, 6.45) is 3.69. The van der Waals surface area contributed by atoms with Crippen molar-refractivity contribution >= 4 is 11.9 Å². The lowest BCUT2D eigenvalue weighted by atomic mass is 9.99. The smallest absolute Gasteiger partial charge is 0.232 e. The highest BCUT2D eigenvalue weighted by Gasteiger charge is 2.33. The molecule has 0 fully saturated rings. The van der Waals surface area contributed by atoms with Crippen LogP contribution in [0.25, 0.3) is 6.08 Å². The SMILES string of the molecule is CCCN(CCC)Cc1c(O)cc(C)c2c1O/C(=C/c1cc(OC)ccc1OC)C2=O. The number of phenolic OH excluding ortho intramolecular Hbond substituents is 1. The van der Waals surface area contributed by atoms with Crippen LogP contribution in [-0.2, 0) is 6.54 Å². The first kappa shape index (κ1) is 22.7. The predicted molar refractivity (Wildman–Crippen MR) is 121 cm³/mol. The van der Waals surface area contributed by atoms with Crippen LogP contribution < -0.4 is 14.2 Å². The van der Waals surface area contributed by atoms with E-state index in [1.165, 1.54) is 0 Å². The number of aromatic hydroxyl groups is 1. The van der Waals surface area contributed by atoms with E-state index in [0.29, 0.717) is 46.0 Å². The molecule has 0 atom stereocenters. The van der Waals surface area contributed by atoms with E-state index in [9.17, 15) is 9.90 Å². The topological polar surface area (TPSA) is 68.2 Å². The van der Waals surface area contributed by atoms with Gasteiger partial charge in [-0.15, -0.1) is 0 Å². The zero-order valence-electron chi connectivity index (χ0n) is 18.9. The molecule has 31 heavy (non-hydrogen) atoms. The minimum Gasteiger partial charge on any atom is -0.507 e. The molecule has 6 nitrogen and oxygen atoms in total. The maximum absolute atomic E-state index is 13.2. The fourth-order valence-corrected chi connectivity index (χ4v) is 3.95. The Morgan fingerprint density at radius 3 is 2.42 bits per heavy atom. The second kappa shape index (κ2) is 9.88. The number of phenols is 1. The molecule has 0 aliphatic carbocycles. The van der Waals surface area contributed by atoms with Gasteiger partial charge in [0.1, 0.15) is 23.0 Å². The zero-order valence-corrected chi connectivity index (χ0v) is 18.9. The van der Waals surface area contributed by atoms with Crippen molar-refractivity contribution in [3.63, 3.8) is 0 Å². The van der Waals surface area contributed by atoms with Gasteiger partial charge in [0.15, 0.2) is 5.76 Å². The van der Waals surface area contributed by atoms with E-state index in [1.54, 1.807) is 44.6 Å². The molecule has 0 spiro atoms. The summed E-state index contributed by atoms with van der Waals surface area (Å²) in [4.78, 5) is 15.5. The molecular formula is C25H31NO5. The molecule has 0 radical (unpaired) electrons. The van der Waals surface area contributed by atoms with Gasteiger partial charge in [-0.25, -0.2) is 0 Å². The number of hydrogen-bond donors (Lipinski definition) is 1. The molecule has 0 saturated heterocycles. The minimum atomic E-state index is -0.198. The molecule has 166 valence electrons. The molecule has 0 unspecified atom stereocenters. The molecule has 1 aliphatic heterocycles. The van der Waals surface area contributed by atoms with E-state index >= 15 is 0 Å². The molecule has 0 amide bonds. The number of fused-ring (bicyclic) bond motifs is 1. The molecule has 2 aromatic carbocycles. The summed E-state index contributed by atoms with van der Waals surface area (Å²) >= 11 is 0. The number of nitrogens with zero attached hydrogens (tertiary/aromatic N) is 1. The van der Waals surface area contributed by atoms with E-state index in [-0.39, 0.29) is 17.3 Å². The summed E-state index contributed by atoms with van der Waals surface area (Å²) < 4.78 is 16.8. The van der Waals surface area contributed by atoms with Crippen LogP contribution >= 0.6 is 0 Å². The third kappa shape index (κ3) is 4.69. The molecule has 2 aromatic rings. The molecule has 1 aliphatic rings. The Kier molecular flexibility index (Phi) is 7.23. The summed E-state index contributed by atoms with van der Waals surface area (Å²) in [5.41, 5.74) is 2.53. The summed E-state index contributed by atoms with van der Waals surface area (Å²) in [6.45, 7) is 8.42. The van der Waals surface area contributed by atoms with Crippen LogP contribution in [0.3, 0.4) is 0 Å². The van der Waals surface area contributed by atoms with E-state index in [2.05, 4.69) is 18.7 Å². The molecule has 0 saturated carbocycles. The fraction of sp³-hybridized carbons (Fsp3) is 0.400. The molecule has 1 N–H and O–H groups in total. The highest BCUT2D eigenvalue weighted by molar-refractivity contribution is 6.16. The monoisotopic (exact) mass is 425 g/mol. The number of carbonyl (C=O) groups is 1. The van der Waals surface area contributed by atoms with Crippen molar-refractivity contribution in [2.24, 2.45) is 0 Å². The van der Waals surface area contributed by atoms with Gasteiger partial charge >= 0.3 is 0 Å². The predicted octanol–water partition coefficient (Wildman–Crippen LogP) is 4.96. The number of rotatable bonds is 9. The molecule has 1 heterocycles. The second-order valence-corrected chi connectivity index (χ2v) is 7.72. The van der Waals surface area contributed by atoms with Crippen LogP contribution in [0, 0.1) is 6.92 Å². The van der Waals surface area contributed by atoms with Crippen molar-refractivity contribution < 1.29 is 24.1 Å². The Bertz CT molecular complexity index is 990. The van der Waals surface area contributed by atoms with E-state index in [4.69, 9.17) is 14.2 Å². The number of ketones is 1. The normalized spacial score (nSPS) is 14.1. The first-order valence-corrected chi connectivity index (χ1v) is 10.7. The maximum Gasteiger partial charge on any atom is 0.232 e. The largest absolute Gasteiger partial charge is 0.507 e. The molecule has 6 heteroatoms. The number of methoxy groups -OCH3 is 2. The van der Waals surface area contributed by atoms with Crippen molar-refractivity contribution in [1.29, 1.82) is 0 Å². The van der Waals surface area contributed by atoms with Gasteiger partial charge in [-0.05, 0) is 68.8 Å². The molecule has 0 aromatic heterocycles. The molecule has 3 rings (SSSR count). The van der Waals surface area contributed by atoms with Crippen molar-refractivity contribution in [1.82, 2.24) is 4.90 Å². The standard InChI is InChI=1S/C25H31NO5/c1-6-10-26(11-7-2)15-19-20(27)12-16(3)23-24(28)22(31-25(19)23)14-17-13-18(29-4)8-9-21(17)30-5/h8-9,12-14,27H,6-7,10-11,15H2,1-5H3/b22-14+. The number of hydrogen-bond acceptors (Lipinski definition) is 6. The van der Waals surface area contributed by atoms with Gasteiger partial charge < -0.3 is 19.3 Å². The minimum absolute atomic E-state index is 0.154. The average Bonchev–Trinajstić information content (AvgIpc) is 3.07. The number of carbonyl (C=O) groups excluding carboxylic acids is 1. The van der Waals surface area contributed by atoms with Gasteiger partial charge in [-0.2, -0.15) is 0 Å². The third-order valence-corrected chi connectivity index (χ3v) is 5.41. The number of Topliss-reactive ketones (excluding diaryl/α,β-unsaturated/α-hetero) is 1. The van der Waals surface area contributed by atoms with Crippen LogP contribution in [0.5, 0.6) is 23.0 Å². The number of allylic oxidation sites excluding steroid dienone is 1. The third-order valence-electron chi connectivity index (χ3n) is 5.41. The number of benzene rings is 2. The quantitative estimate of drug-likeness (QED) is 0.573. The van der Waals surface area contributed by atoms with Gasteiger partial charge in [0, 0.05) is 12.1 Å². The van der Waals surface area contributed by atoms with Crippen molar-refractivity contribution in [2.75, 3.05) is 27.3 Å². The Labute approximate surface area is 184 Å². The summed E-state index contributed by atoms with van der Waals surface area (Å²) in [5, 5.41) is 10.7. The maximum atomic E-state index is 13.2. The Morgan fingerprint density at radius 2 is 1.81 bits per heavy atom. The van der Waals surface area contributed by atoms with Gasteiger partial charge in [0.25, 0.3) is 0 Å². The number of ether oxygens (including phenoxy) is 3. The van der Waals surface area contributed by atoms with Crippen LogP contribution in [0.1, 0.15) is 53.7 Å². The lowest BCUT2D eigenvalue weighted by molar-refractivity contribution is 0.101. The lowest BCUT2D eigenvalue weighted by Gasteiger charge is -2.22. The summed E-state index contributed by atoms with van der Waals surface area (Å²) in [6, 6.07) is 7.03. The molecule has 0 bridgehead atoms. The Morgan fingerprint density at radius 1 is 1.10 bits per heavy atom. The number of aryl methyl sites for hydroxylation is 1. The average molecular weight is 426 g/mol. The highest BCUT2D eigenvalue weighted by Crippen LogP contribution is 2.42. The van der Waals surface area contributed by atoms with Crippen LogP contribution in [0.2, 0.25) is 0 Å². The van der Waals surface area contributed by atoms with Crippen LogP contribution in [-0.4, -0.2) is 43.1 Å². The second-order valence-electron chi connectivity index (χ2n) is 7.72. The first-order chi connectivity index (χ1) is 14.9. The van der Waals surface area contributed by atoms with E-state index in [1.807, 2.05) is 6.92 Å².